The second kappa shape index (κ2) is 6.82. The summed E-state index contributed by atoms with van der Waals surface area (Å²) in [4.78, 5) is 3.92. The number of nitrogens with one attached hydrogen (secondary N) is 1. The fourth-order valence-electron chi connectivity index (χ4n) is 1.66. The summed E-state index contributed by atoms with van der Waals surface area (Å²) in [6, 6.07) is 2.23. The van der Waals surface area contributed by atoms with Crippen molar-refractivity contribution in [2.75, 3.05) is 13.2 Å². The van der Waals surface area contributed by atoms with Crippen LogP contribution >= 0.6 is 0 Å². The van der Waals surface area contributed by atoms with Gasteiger partial charge in [-0.15, -0.1) is 0 Å². The van der Waals surface area contributed by atoms with E-state index in [2.05, 4.69) is 10.3 Å². The van der Waals surface area contributed by atoms with Crippen molar-refractivity contribution in [2.45, 2.75) is 45.4 Å². The summed E-state index contributed by atoms with van der Waals surface area (Å²) in [5.74, 6) is -0.317. The highest BCUT2D eigenvalue weighted by atomic mass is 19.1. The van der Waals surface area contributed by atoms with Crippen LogP contribution in [0.1, 0.15) is 32.3 Å². The molecule has 5 heteroatoms. The zero-order valence-corrected chi connectivity index (χ0v) is 11.5. The van der Waals surface area contributed by atoms with Gasteiger partial charge in [0.15, 0.2) is 5.82 Å². The average Bonchev–Trinajstić information content (AvgIpc) is 3.18. The lowest BCUT2D eigenvalue weighted by molar-refractivity contribution is 0.0532. The standard InChI is InChI=1S/C14H21FN2O2/c1-10(2)18-7-8-19-14-13(15)11(5-6-16-14)9-17-12-3-4-12/h5-6,10,12,17H,3-4,7-9H2,1-2H3. The largest absolute Gasteiger partial charge is 0.473 e. The van der Waals surface area contributed by atoms with E-state index >= 15 is 0 Å². The summed E-state index contributed by atoms with van der Waals surface area (Å²) >= 11 is 0. The molecule has 0 bridgehead atoms. The highest BCUT2D eigenvalue weighted by Gasteiger charge is 2.21. The second-order valence-corrected chi connectivity index (χ2v) is 5.01. The molecule has 1 heterocycles. The molecule has 4 nitrogen and oxygen atoms in total. The Hall–Kier alpha value is -1.20. The van der Waals surface area contributed by atoms with Gasteiger partial charge in [0.2, 0.25) is 0 Å². The summed E-state index contributed by atoms with van der Waals surface area (Å²) in [6.07, 6.45) is 4.09. The molecule has 0 amide bonds. The molecule has 1 aromatic heterocycles. The predicted octanol–water partition coefficient (Wildman–Crippen LogP) is 2.28. The maximum Gasteiger partial charge on any atom is 0.250 e. The molecule has 1 saturated carbocycles. The molecule has 0 unspecified atom stereocenters. The maximum atomic E-state index is 14.1. The molecular weight excluding hydrogens is 247 g/mol. The molecule has 1 N–H and O–H groups in total. The van der Waals surface area contributed by atoms with Crippen LogP contribution in [0.4, 0.5) is 4.39 Å². The molecule has 1 fully saturated rings. The van der Waals surface area contributed by atoms with Gasteiger partial charge in [0.25, 0.3) is 5.88 Å². The van der Waals surface area contributed by atoms with Gasteiger partial charge < -0.3 is 14.8 Å². The van der Waals surface area contributed by atoms with E-state index in [1.165, 1.54) is 12.8 Å². The third kappa shape index (κ3) is 4.76. The Kier molecular flexibility index (Phi) is 5.10. The lowest BCUT2D eigenvalue weighted by Crippen LogP contribution is -2.17. The lowest BCUT2D eigenvalue weighted by Gasteiger charge is -2.11. The SMILES string of the molecule is CC(C)OCCOc1nccc(CNC2CC2)c1F. The normalized spacial score (nSPS) is 14.9. The van der Waals surface area contributed by atoms with Crippen molar-refractivity contribution in [3.8, 4) is 5.88 Å². The van der Waals surface area contributed by atoms with Crippen LogP contribution in [0, 0.1) is 5.82 Å². The fourth-order valence-corrected chi connectivity index (χ4v) is 1.66. The van der Waals surface area contributed by atoms with E-state index < -0.39 is 0 Å². The Morgan fingerprint density at radius 1 is 1.42 bits per heavy atom. The molecule has 0 radical (unpaired) electrons. The van der Waals surface area contributed by atoms with Gasteiger partial charge in [0.05, 0.1) is 12.7 Å². The molecule has 1 aliphatic carbocycles. The predicted molar refractivity (Wildman–Crippen MR) is 70.6 cm³/mol. The number of nitrogens with zero attached hydrogens (tertiary/aromatic N) is 1. The Morgan fingerprint density at radius 2 is 2.21 bits per heavy atom. The van der Waals surface area contributed by atoms with Crippen molar-refractivity contribution in [3.05, 3.63) is 23.6 Å². The minimum Gasteiger partial charge on any atom is -0.473 e. The molecule has 0 atom stereocenters. The number of ether oxygens (including phenoxy) is 2. The van der Waals surface area contributed by atoms with Gasteiger partial charge in [-0.05, 0) is 32.8 Å². The van der Waals surface area contributed by atoms with Gasteiger partial charge in [0.1, 0.15) is 6.61 Å². The van der Waals surface area contributed by atoms with E-state index in [-0.39, 0.29) is 17.8 Å². The van der Waals surface area contributed by atoms with Gasteiger partial charge in [0, 0.05) is 24.3 Å². The third-order valence-electron chi connectivity index (χ3n) is 2.87. The topological polar surface area (TPSA) is 43.4 Å². The van der Waals surface area contributed by atoms with Crippen LogP contribution in [0.2, 0.25) is 0 Å². The van der Waals surface area contributed by atoms with Crippen LogP contribution in [-0.4, -0.2) is 30.3 Å². The number of pyridine rings is 1. The van der Waals surface area contributed by atoms with Crippen molar-refractivity contribution in [2.24, 2.45) is 0 Å². The van der Waals surface area contributed by atoms with Crippen LogP contribution in [0.3, 0.4) is 0 Å². The molecular formula is C14H21FN2O2. The minimum atomic E-state index is -0.375. The number of hydrogen-bond donors (Lipinski definition) is 1. The quantitative estimate of drug-likeness (QED) is 0.735. The van der Waals surface area contributed by atoms with E-state index in [4.69, 9.17) is 9.47 Å². The monoisotopic (exact) mass is 268 g/mol. The zero-order valence-electron chi connectivity index (χ0n) is 11.5. The van der Waals surface area contributed by atoms with Gasteiger partial charge >= 0.3 is 0 Å². The van der Waals surface area contributed by atoms with Crippen molar-refractivity contribution < 1.29 is 13.9 Å². The Morgan fingerprint density at radius 3 is 2.89 bits per heavy atom. The van der Waals surface area contributed by atoms with Crippen LogP contribution in [-0.2, 0) is 11.3 Å². The molecule has 0 spiro atoms. The highest BCUT2D eigenvalue weighted by molar-refractivity contribution is 5.23. The van der Waals surface area contributed by atoms with Crippen molar-refractivity contribution >= 4 is 0 Å². The van der Waals surface area contributed by atoms with Crippen molar-refractivity contribution in [3.63, 3.8) is 0 Å². The Bertz CT molecular complexity index is 408. The fraction of sp³-hybridized carbons (Fsp3) is 0.643. The molecule has 1 aromatic rings. The Balaban J connectivity index is 1.83. The summed E-state index contributed by atoms with van der Waals surface area (Å²) in [5.41, 5.74) is 0.599. The molecule has 106 valence electrons. The first-order valence-corrected chi connectivity index (χ1v) is 6.78. The summed E-state index contributed by atoms with van der Waals surface area (Å²) < 4.78 is 24.7. The van der Waals surface area contributed by atoms with E-state index in [1.54, 1.807) is 12.3 Å². The smallest absolute Gasteiger partial charge is 0.250 e. The molecule has 0 saturated heterocycles. The molecule has 0 aliphatic heterocycles. The lowest BCUT2D eigenvalue weighted by atomic mass is 10.2. The summed E-state index contributed by atoms with van der Waals surface area (Å²) in [5, 5.41) is 3.28. The third-order valence-corrected chi connectivity index (χ3v) is 2.87. The zero-order chi connectivity index (χ0) is 13.7. The summed E-state index contributed by atoms with van der Waals surface area (Å²) in [7, 11) is 0. The second-order valence-electron chi connectivity index (χ2n) is 5.01. The van der Waals surface area contributed by atoms with Crippen molar-refractivity contribution in [1.29, 1.82) is 0 Å². The molecule has 2 rings (SSSR count). The van der Waals surface area contributed by atoms with Gasteiger partial charge in [-0.2, -0.15) is 0 Å². The number of halogens is 1. The van der Waals surface area contributed by atoms with Crippen molar-refractivity contribution in [1.82, 2.24) is 10.3 Å². The van der Waals surface area contributed by atoms with Crippen LogP contribution in [0.15, 0.2) is 12.3 Å². The molecule has 19 heavy (non-hydrogen) atoms. The van der Waals surface area contributed by atoms with Gasteiger partial charge in [-0.25, -0.2) is 9.37 Å². The highest BCUT2D eigenvalue weighted by Crippen LogP contribution is 2.21. The molecule has 0 aromatic carbocycles. The number of rotatable bonds is 8. The average molecular weight is 268 g/mol. The summed E-state index contributed by atoms with van der Waals surface area (Å²) in [6.45, 7) is 5.16. The van der Waals surface area contributed by atoms with E-state index in [1.807, 2.05) is 13.8 Å². The van der Waals surface area contributed by atoms with Crippen LogP contribution in [0.25, 0.3) is 0 Å². The first-order valence-electron chi connectivity index (χ1n) is 6.78. The maximum absolute atomic E-state index is 14.1. The van der Waals surface area contributed by atoms with Crippen LogP contribution in [0.5, 0.6) is 5.88 Å². The molecule has 1 aliphatic rings. The first-order chi connectivity index (χ1) is 9.16. The van der Waals surface area contributed by atoms with Gasteiger partial charge in [-0.3, -0.25) is 0 Å². The van der Waals surface area contributed by atoms with Crippen LogP contribution < -0.4 is 10.1 Å². The van der Waals surface area contributed by atoms with E-state index in [0.717, 1.165) is 0 Å². The first kappa shape index (κ1) is 14.2. The van der Waals surface area contributed by atoms with E-state index in [9.17, 15) is 4.39 Å². The van der Waals surface area contributed by atoms with Gasteiger partial charge in [-0.1, -0.05) is 0 Å². The minimum absolute atomic E-state index is 0.0578. The van der Waals surface area contributed by atoms with E-state index in [0.29, 0.717) is 31.4 Å². The Labute approximate surface area is 113 Å². The number of aromatic nitrogens is 1. The number of hydrogen-bond acceptors (Lipinski definition) is 4.